The molecular weight excluding hydrogens is 398 g/mol. The number of aliphatic hydroxyl groups excluding tert-OH is 3. The average molecular weight is 434 g/mol. The van der Waals surface area contributed by atoms with Crippen LogP contribution in [0.4, 0.5) is 0 Å². The van der Waals surface area contributed by atoms with Crippen LogP contribution < -0.4 is 5.32 Å². The Balaban J connectivity index is 2.20. The second-order valence-electron chi connectivity index (χ2n) is 7.92. The number of rotatable bonds is 8. The molecule has 0 radical (unpaired) electrons. The van der Waals surface area contributed by atoms with Crippen molar-refractivity contribution < 1.29 is 29.7 Å². The van der Waals surface area contributed by atoms with Crippen LogP contribution in [0.1, 0.15) is 33.1 Å². The molecule has 0 aromatic carbocycles. The van der Waals surface area contributed by atoms with E-state index in [0.29, 0.717) is 11.6 Å². The van der Waals surface area contributed by atoms with Crippen LogP contribution in [0.3, 0.4) is 0 Å². The summed E-state index contributed by atoms with van der Waals surface area (Å²) in [5.41, 5.74) is -0.338. The first-order valence-electron chi connectivity index (χ1n) is 10.1. The molecule has 2 aliphatic heterocycles. The topological polar surface area (TPSA) is 124 Å². The van der Waals surface area contributed by atoms with Crippen molar-refractivity contribution in [2.24, 2.45) is 11.1 Å². The number of aliphatic hydroxyl groups is 3. The zero-order valence-corrected chi connectivity index (χ0v) is 18.6. The van der Waals surface area contributed by atoms with Gasteiger partial charge in [-0.3, -0.25) is 9.69 Å². The highest BCUT2D eigenvalue weighted by molar-refractivity contribution is 7.99. The summed E-state index contributed by atoms with van der Waals surface area (Å²) in [6, 6.07) is -1.09. The smallest absolute Gasteiger partial charge is 0.237 e. The van der Waals surface area contributed by atoms with E-state index in [9.17, 15) is 20.1 Å². The first kappa shape index (κ1) is 24.4. The molecule has 2 fully saturated rings. The quantitative estimate of drug-likeness (QED) is 0.306. The Morgan fingerprint density at radius 1 is 1.34 bits per heavy atom. The maximum absolute atomic E-state index is 13.1. The van der Waals surface area contributed by atoms with Gasteiger partial charge in [0, 0.05) is 6.54 Å². The van der Waals surface area contributed by atoms with Crippen molar-refractivity contribution in [1.29, 1.82) is 0 Å². The number of thioether (sulfide) groups is 1. The molecule has 2 saturated heterocycles. The minimum atomic E-state index is -1.40. The van der Waals surface area contributed by atoms with Crippen molar-refractivity contribution in [2.45, 2.75) is 75.0 Å². The monoisotopic (exact) mass is 433 g/mol. The summed E-state index contributed by atoms with van der Waals surface area (Å²) >= 11 is 1.22. The molecule has 168 valence electrons. The molecule has 10 heteroatoms. The molecule has 29 heavy (non-hydrogen) atoms. The van der Waals surface area contributed by atoms with Gasteiger partial charge in [-0.1, -0.05) is 18.5 Å². The van der Waals surface area contributed by atoms with Gasteiger partial charge in [-0.25, -0.2) is 0 Å². The number of hydrogen-bond acceptors (Lipinski definition) is 9. The van der Waals surface area contributed by atoms with E-state index in [4.69, 9.17) is 9.57 Å². The normalized spacial score (nSPS) is 37.4. The Kier molecular flexibility index (Phi) is 9.17. The highest BCUT2D eigenvalue weighted by Crippen LogP contribution is 2.30. The number of oxime groups is 1. The van der Waals surface area contributed by atoms with Crippen molar-refractivity contribution in [2.75, 3.05) is 27.0 Å². The van der Waals surface area contributed by atoms with Crippen LogP contribution in [0.25, 0.3) is 0 Å². The molecule has 0 aromatic rings. The summed E-state index contributed by atoms with van der Waals surface area (Å²) in [6.45, 7) is 4.66. The first-order chi connectivity index (χ1) is 13.7. The number of nitrogens with one attached hydrogen (secondary N) is 1. The van der Waals surface area contributed by atoms with Gasteiger partial charge in [0.1, 0.15) is 37.0 Å². The number of carbonyl (C=O) groups excluding carboxylic acids is 1. The van der Waals surface area contributed by atoms with Crippen molar-refractivity contribution >= 4 is 23.4 Å². The van der Waals surface area contributed by atoms with Crippen molar-refractivity contribution in [3.63, 3.8) is 0 Å². The summed E-state index contributed by atoms with van der Waals surface area (Å²) in [7, 11) is 3.32. The van der Waals surface area contributed by atoms with Gasteiger partial charge in [-0.05, 0) is 39.0 Å². The van der Waals surface area contributed by atoms with Gasteiger partial charge in [0.25, 0.3) is 0 Å². The molecule has 2 rings (SSSR count). The molecule has 0 aliphatic carbocycles. The first-order valence-corrected chi connectivity index (χ1v) is 11.3. The number of likely N-dealkylation sites (N-methyl/N-ethyl adjacent to an activating group) is 1. The Hall–Kier alpha value is -0.910. The Bertz CT molecular complexity index is 578. The summed E-state index contributed by atoms with van der Waals surface area (Å²) in [5.74, 6) is 0.293. The van der Waals surface area contributed by atoms with E-state index < -0.39 is 35.9 Å². The summed E-state index contributed by atoms with van der Waals surface area (Å²) < 4.78 is 5.85. The van der Waals surface area contributed by atoms with E-state index in [1.54, 1.807) is 13.2 Å². The minimum absolute atomic E-state index is 0.182. The van der Waals surface area contributed by atoms with Crippen LogP contribution in [0.5, 0.6) is 0 Å². The van der Waals surface area contributed by atoms with Gasteiger partial charge >= 0.3 is 0 Å². The van der Waals surface area contributed by atoms with Gasteiger partial charge < -0.3 is 30.2 Å². The third-order valence-electron chi connectivity index (χ3n) is 5.78. The van der Waals surface area contributed by atoms with Gasteiger partial charge in [-0.15, -0.1) is 11.8 Å². The SMILES string of the molecule is CCC[C@@H]1C[C@@H](C(=O)N[C@H](/C(C)=N/OC)[C@H]2O[C@H](SC)[C@H](O)[C@@H](O)[C@H]2O)N(C)C1. The fourth-order valence-corrected chi connectivity index (χ4v) is 4.93. The van der Waals surface area contributed by atoms with E-state index in [0.717, 1.165) is 25.8 Å². The predicted octanol–water partition coefficient (Wildman–Crippen LogP) is -0.215. The van der Waals surface area contributed by atoms with E-state index in [1.807, 2.05) is 11.9 Å². The summed E-state index contributed by atoms with van der Waals surface area (Å²) in [6.07, 6.45) is -0.347. The Morgan fingerprint density at radius 3 is 2.62 bits per heavy atom. The Labute approximate surface area is 176 Å². The van der Waals surface area contributed by atoms with Gasteiger partial charge in [0.05, 0.1) is 17.8 Å². The Morgan fingerprint density at radius 2 is 2.03 bits per heavy atom. The van der Waals surface area contributed by atoms with Crippen LogP contribution >= 0.6 is 11.8 Å². The van der Waals surface area contributed by atoms with Crippen molar-refractivity contribution in [3.8, 4) is 0 Å². The van der Waals surface area contributed by atoms with Crippen LogP contribution in [0.15, 0.2) is 5.16 Å². The number of nitrogens with zero attached hydrogens (tertiary/aromatic N) is 2. The number of likely N-dealkylation sites (tertiary alicyclic amines) is 1. The van der Waals surface area contributed by atoms with Gasteiger partial charge in [-0.2, -0.15) is 0 Å². The zero-order chi connectivity index (χ0) is 21.7. The maximum Gasteiger partial charge on any atom is 0.237 e. The lowest BCUT2D eigenvalue weighted by molar-refractivity contribution is -0.200. The van der Waals surface area contributed by atoms with Crippen LogP contribution in [0.2, 0.25) is 0 Å². The fourth-order valence-electron chi connectivity index (χ4n) is 4.25. The number of hydrogen-bond donors (Lipinski definition) is 4. The third-order valence-corrected chi connectivity index (χ3v) is 6.64. The molecule has 2 heterocycles. The highest BCUT2D eigenvalue weighted by Gasteiger charge is 2.48. The molecule has 0 spiro atoms. The third kappa shape index (κ3) is 5.62. The lowest BCUT2D eigenvalue weighted by Crippen LogP contribution is -2.65. The molecule has 0 saturated carbocycles. The second kappa shape index (κ2) is 10.9. The average Bonchev–Trinajstić information content (AvgIpc) is 3.05. The standard InChI is InChI=1S/C19H35N3O6S/c1-6-7-11-8-12(22(3)9-11)18(26)20-13(10(2)21-27-4)17-15(24)14(23)16(25)19(28-17)29-5/h11-17,19,23-25H,6-9H2,1-5H3,(H,20,26)/b21-10+/t11-,12+,13-,14+,15-,16-,17-,19-/m1/s1. The lowest BCUT2D eigenvalue weighted by atomic mass is 9.92. The molecule has 0 bridgehead atoms. The molecule has 9 nitrogen and oxygen atoms in total. The van der Waals surface area contributed by atoms with E-state index in [2.05, 4.69) is 17.4 Å². The molecule has 1 amide bonds. The van der Waals surface area contributed by atoms with Crippen molar-refractivity contribution in [3.05, 3.63) is 0 Å². The zero-order valence-electron chi connectivity index (χ0n) is 17.8. The largest absolute Gasteiger partial charge is 0.399 e. The summed E-state index contributed by atoms with van der Waals surface area (Å²) in [5, 5.41) is 37.8. The highest BCUT2D eigenvalue weighted by atomic mass is 32.2. The van der Waals surface area contributed by atoms with Gasteiger partial charge in [0.2, 0.25) is 5.91 Å². The van der Waals surface area contributed by atoms with Crippen LogP contribution in [-0.4, -0.2) is 101 Å². The molecule has 0 aromatic heterocycles. The number of amides is 1. The maximum atomic E-state index is 13.1. The van der Waals surface area contributed by atoms with E-state index in [-0.39, 0.29) is 11.9 Å². The fraction of sp³-hybridized carbons (Fsp3) is 0.895. The second-order valence-corrected chi connectivity index (χ2v) is 8.86. The van der Waals surface area contributed by atoms with Crippen LogP contribution in [-0.2, 0) is 14.4 Å². The van der Waals surface area contributed by atoms with Crippen molar-refractivity contribution in [1.82, 2.24) is 10.2 Å². The van der Waals surface area contributed by atoms with Gasteiger partial charge in [0.15, 0.2) is 0 Å². The molecule has 8 atom stereocenters. The summed E-state index contributed by atoms with van der Waals surface area (Å²) in [4.78, 5) is 20.0. The lowest BCUT2D eigenvalue weighted by Gasteiger charge is -2.43. The molecule has 4 N–H and O–H groups in total. The molecular formula is C19H35N3O6S. The minimum Gasteiger partial charge on any atom is -0.399 e. The number of carbonyl (C=O) groups is 1. The predicted molar refractivity (Wildman–Crippen MR) is 112 cm³/mol. The van der Waals surface area contributed by atoms with E-state index >= 15 is 0 Å². The molecule has 2 aliphatic rings. The number of ether oxygens (including phenoxy) is 1. The van der Waals surface area contributed by atoms with E-state index in [1.165, 1.54) is 18.9 Å². The van der Waals surface area contributed by atoms with Crippen LogP contribution in [0, 0.1) is 5.92 Å². The molecule has 0 unspecified atom stereocenters.